The van der Waals surface area contributed by atoms with Gasteiger partial charge in [0.05, 0.1) is 14.7 Å². The number of aryl methyl sites for hydroxylation is 2. The van der Waals surface area contributed by atoms with Crippen molar-refractivity contribution in [1.29, 1.82) is 0 Å². The summed E-state index contributed by atoms with van der Waals surface area (Å²) in [6, 6.07) is 36.3. The lowest BCUT2D eigenvalue weighted by molar-refractivity contribution is -0.154. The van der Waals surface area contributed by atoms with Crippen LogP contribution in [-0.4, -0.2) is 57.5 Å². The third-order valence-corrected chi connectivity index (χ3v) is 14.5. The van der Waals surface area contributed by atoms with Crippen molar-refractivity contribution in [3.05, 3.63) is 172 Å². The summed E-state index contributed by atoms with van der Waals surface area (Å²) >= 11 is 0. The van der Waals surface area contributed by atoms with Crippen molar-refractivity contribution in [2.45, 2.75) is 48.1 Å². The zero-order valence-electron chi connectivity index (χ0n) is 30.6. The Hall–Kier alpha value is -5.70. The van der Waals surface area contributed by atoms with Crippen molar-refractivity contribution in [3.63, 3.8) is 0 Å². The molecule has 1 fully saturated rings. The number of amides is 2. The molecule has 11 nitrogen and oxygen atoms in total. The maximum absolute atomic E-state index is 14.7. The van der Waals surface area contributed by atoms with Gasteiger partial charge in [-0.3, -0.25) is 14.5 Å². The number of β-lactam (4-membered cyclic amide) rings is 1. The maximum atomic E-state index is 14.7. The number of carbonyl (C=O) groups excluding carboxylic acids is 3. The van der Waals surface area contributed by atoms with Gasteiger partial charge in [-0.15, -0.1) is 0 Å². The van der Waals surface area contributed by atoms with Gasteiger partial charge in [-0.25, -0.2) is 21.6 Å². The summed E-state index contributed by atoms with van der Waals surface area (Å²) in [5, 5.41) is 1.02. The normalized spacial score (nSPS) is 16.1. The van der Waals surface area contributed by atoms with Crippen molar-refractivity contribution in [1.82, 2.24) is 10.2 Å². The van der Waals surface area contributed by atoms with Crippen LogP contribution in [0.3, 0.4) is 0 Å². The summed E-state index contributed by atoms with van der Waals surface area (Å²) in [5.41, 5.74) is 1.99. The molecule has 1 aliphatic rings. The van der Waals surface area contributed by atoms with Crippen molar-refractivity contribution in [2.24, 2.45) is 0 Å². The molecular formula is C42H38N2O9S3. The molecule has 2 amide bonds. The number of rotatable bonds is 14. The average Bonchev–Trinajstić information content (AvgIpc) is 3.20. The highest BCUT2D eigenvalue weighted by Crippen LogP contribution is 2.42. The van der Waals surface area contributed by atoms with E-state index >= 15 is 0 Å². The molecule has 2 atom stereocenters. The Morgan fingerprint density at radius 1 is 0.714 bits per heavy atom. The van der Waals surface area contributed by atoms with Crippen LogP contribution in [0.15, 0.2) is 160 Å². The highest BCUT2D eigenvalue weighted by molar-refractivity contribution is 8.72. The van der Waals surface area contributed by atoms with E-state index in [0.717, 1.165) is 23.0 Å². The lowest BCUT2D eigenvalue weighted by Gasteiger charge is -2.46. The molecular weight excluding hydrogens is 773 g/mol. The van der Waals surface area contributed by atoms with Gasteiger partial charge in [0.2, 0.25) is 18.7 Å². The Bertz CT molecular complexity index is 2420. The lowest BCUT2D eigenvalue weighted by Crippen LogP contribution is -2.70. The standard InChI is InChI=1S/C42H38N2O9S3/c1-28-19-23-34(24-20-28)55(48,49)30(3)38(42(47)53-39(31-13-7-4-8-14-31)32-15-9-5-10-16-32)44-40(46)37(43-36(45)27-52-33-17-11-6-12-18-33)41(44)54-56(50,51)35-25-21-29(2)22-26-35/h4-26,37,39,41H,27H2,1-3H3,(H,43,45)/b38-30+/t37-,41-/m1/s1. The van der Waals surface area contributed by atoms with E-state index in [9.17, 15) is 31.2 Å². The SMILES string of the molecule is C/C(=C(/C(=O)OC(c1ccccc1)c1ccccc1)N1C(=O)[C@@H](NC(=O)COc2ccccc2)[C@H]1SS(=O)(=O)c1ccc(C)cc1)S(=O)(=O)c1ccc(C)cc1. The predicted molar refractivity (Wildman–Crippen MR) is 212 cm³/mol. The summed E-state index contributed by atoms with van der Waals surface area (Å²) in [4.78, 5) is 42.1. The second-order valence-corrected chi connectivity index (χ2v) is 19.0. The second-order valence-electron chi connectivity index (χ2n) is 12.9. The fourth-order valence-electron chi connectivity index (χ4n) is 5.88. The molecule has 0 radical (unpaired) electrons. The third-order valence-electron chi connectivity index (χ3n) is 8.94. The molecule has 1 N–H and O–H groups in total. The number of esters is 1. The van der Waals surface area contributed by atoms with E-state index in [1.165, 1.54) is 24.3 Å². The van der Waals surface area contributed by atoms with E-state index in [2.05, 4.69) is 5.32 Å². The smallest absolute Gasteiger partial charge is 0.357 e. The van der Waals surface area contributed by atoms with Gasteiger partial charge in [-0.1, -0.05) is 114 Å². The number of likely N-dealkylation sites (tertiary alicyclic amines) is 1. The monoisotopic (exact) mass is 810 g/mol. The van der Waals surface area contributed by atoms with Crippen molar-refractivity contribution in [2.75, 3.05) is 6.61 Å². The molecule has 0 aliphatic carbocycles. The van der Waals surface area contributed by atoms with Gasteiger partial charge in [-0.05, 0) is 68.3 Å². The van der Waals surface area contributed by atoms with Crippen LogP contribution in [0.2, 0.25) is 0 Å². The Morgan fingerprint density at radius 2 is 1.20 bits per heavy atom. The number of allylic oxidation sites excluding steroid dienone is 1. The maximum Gasteiger partial charge on any atom is 0.357 e. The second kappa shape index (κ2) is 17.0. The Morgan fingerprint density at radius 3 is 1.71 bits per heavy atom. The zero-order valence-corrected chi connectivity index (χ0v) is 33.0. The fraction of sp³-hybridized carbons (Fsp3) is 0.167. The molecule has 1 saturated heterocycles. The molecule has 5 aromatic rings. The summed E-state index contributed by atoms with van der Waals surface area (Å²) in [6.07, 6.45) is -1.06. The zero-order chi connectivity index (χ0) is 40.0. The average molecular weight is 811 g/mol. The third kappa shape index (κ3) is 8.88. The van der Waals surface area contributed by atoms with E-state index in [4.69, 9.17) is 9.47 Å². The number of hydrogen-bond acceptors (Lipinski definition) is 10. The van der Waals surface area contributed by atoms with Crippen molar-refractivity contribution >= 4 is 47.3 Å². The molecule has 0 bridgehead atoms. The van der Waals surface area contributed by atoms with Crippen LogP contribution in [0.5, 0.6) is 5.75 Å². The van der Waals surface area contributed by atoms with E-state index in [-0.39, 0.29) is 9.79 Å². The number of hydrogen-bond donors (Lipinski definition) is 1. The van der Waals surface area contributed by atoms with Crippen LogP contribution in [0, 0.1) is 13.8 Å². The van der Waals surface area contributed by atoms with Crippen LogP contribution in [0.1, 0.15) is 35.3 Å². The molecule has 0 saturated carbocycles. The van der Waals surface area contributed by atoms with Crippen LogP contribution in [0.4, 0.5) is 0 Å². The molecule has 288 valence electrons. The highest BCUT2D eigenvalue weighted by Gasteiger charge is 2.55. The van der Waals surface area contributed by atoms with Crippen LogP contribution in [-0.2, 0) is 37.8 Å². The number of nitrogens with one attached hydrogen (secondary N) is 1. The van der Waals surface area contributed by atoms with Gasteiger partial charge >= 0.3 is 5.97 Å². The topological polar surface area (TPSA) is 153 Å². The molecule has 0 spiro atoms. The summed E-state index contributed by atoms with van der Waals surface area (Å²) in [7, 11) is -8.49. The van der Waals surface area contributed by atoms with Crippen molar-refractivity contribution in [3.8, 4) is 5.75 Å². The number of nitrogens with zero attached hydrogens (tertiary/aromatic N) is 1. The first-order chi connectivity index (χ1) is 26.8. The number of ether oxygens (including phenoxy) is 2. The number of carbonyl (C=O) groups is 3. The first kappa shape index (κ1) is 40.0. The summed E-state index contributed by atoms with van der Waals surface area (Å²) < 4.78 is 68.1. The Labute approximate surface area is 329 Å². The van der Waals surface area contributed by atoms with Gasteiger partial charge in [0.25, 0.3) is 11.8 Å². The molecule has 1 heterocycles. The summed E-state index contributed by atoms with van der Waals surface area (Å²) in [5.74, 6) is -2.51. The fourth-order valence-corrected chi connectivity index (χ4v) is 10.6. The Balaban J connectivity index is 1.44. The first-order valence-corrected chi connectivity index (χ1v) is 21.8. The van der Waals surface area contributed by atoms with E-state index in [0.29, 0.717) is 27.7 Å². The molecule has 0 unspecified atom stereocenters. The van der Waals surface area contributed by atoms with Gasteiger partial charge < -0.3 is 14.8 Å². The largest absolute Gasteiger partial charge is 0.484 e. The quantitative estimate of drug-likeness (QED) is 0.0570. The van der Waals surface area contributed by atoms with Gasteiger partial charge in [0.1, 0.15) is 22.9 Å². The molecule has 14 heteroatoms. The van der Waals surface area contributed by atoms with E-state index in [1.54, 1.807) is 129 Å². The highest BCUT2D eigenvalue weighted by atomic mass is 33.1. The molecule has 6 rings (SSSR count). The molecule has 0 aromatic heterocycles. The minimum Gasteiger partial charge on any atom is -0.484 e. The lowest BCUT2D eigenvalue weighted by atomic mass is 10.0. The van der Waals surface area contributed by atoms with E-state index < -0.39 is 71.2 Å². The number of para-hydroxylation sites is 1. The van der Waals surface area contributed by atoms with Crippen LogP contribution in [0.25, 0.3) is 0 Å². The van der Waals surface area contributed by atoms with Crippen LogP contribution >= 0.6 is 10.8 Å². The van der Waals surface area contributed by atoms with E-state index in [1.807, 2.05) is 0 Å². The minimum absolute atomic E-state index is 0.102. The molecule has 5 aromatic carbocycles. The first-order valence-electron chi connectivity index (χ1n) is 17.4. The number of sulfone groups is 1. The van der Waals surface area contributed by atoms with Gasteiger partial charge in [0.15, 0.2) is 12.7 Å². The minimum atomic E-state index is -4.49. The number of benzene rings is 5. The van der Waals surface area contributed by atoms with Crippen molar-refractivity contribution < 1.29 is 40.7 Å². The Kier molecular flexibility index (Phi) is 12.1. The predicted octanol–water partition coefficient (Wildman–Crippen LogP) is 6.50. The van der Waals surface area contributed by atoms with Crippen LogP contribution < -0.4 is 10.1 Å². The molecule has 1 aliphatic heterocycles. The summed E-state index contributed by atoms with van der Waals surface area (Å²) in [6.45, 7) is 4.22. The van der Waals surface area contributed by atoms with Gasteiger partial charge in [0, 0.05) is 10.8 Å². The molecule has 56 heavy (non-hydrogen) atoms. The van der Waals surface area contributed by atoms with Gasteiger partial charge in [-0.2, -0.15) is 0 Å².